The third-order valence-electron chi connectivity index (χ3n) is 3.67. The Morgan fingerprint density at radius 2 is 1.68 bits per heavy atom. The number of rotatable bonds is 6. The van der Waals surface area contributed by atoms with Crippen LogP contribution in [-0.4, -0.2) is 31.4 Å². The highest BCUT2D eigenvalue weighted by Crippen LogP contribution is 2.37. The summed E-state index contributed by atoms with van der Waals surface area (Å²) in [5.74, 6) is 0.0332. The number of nitrogens with two attached hydrogens (primary N) is 1. The van der Waals surface area contributed by atoms with Crippen molar-refractivity contribution >= 4 is 24.2 Å². The molecule has 0 aromatic carbocycles. The summed E-state index contributed by atoms with van der Waals surface area (Å²) in [6.07, 6.45) is 3.92. The number of hydrogen-bond donors (Lipinski definition) is 3. The van der Waals surface area contributed by atoms with E-state index in [0.29, 0.717) is 19.6 Å². The Morgan fingerprint density at radius 3 is 2.16 bits per heavy atom. The molecule has 0 radical (unpaired) electrons. The molecule has 0 spiro atoms. The van der Waals surface area contributed by atoms with Gasteiger partial charge in [0.1, 0.15) is 0 Å². The first-order chi connectivity index (χ1) is 8.52. The average Bonchev–Trinajstić information content (AvgIpc) is 2.83. The van der Waals surface area contributed by atoms with E-state index in [2.05, 4.69) is 10.6 Å². The lowest BCUT2D eigenvalue weighted by Crippen LogP contribution is -2.46. The Labute approximate surface area is 121 Å². The first kappa shape index (κ1) is 18.2. The monoisotopic (exact) mass is 291 g/mol. The molecule has 0 bridgehead atoms. The molecule has 0 aliphatic heterocycles. The standard InChI is InChI=1S/C13H25N3O2.ClH/c1-10(2)11(17)15-7-8-16-12(18)13(9-14)5-3-4-6-13;/h10H,3-9,14H2,1-2H3,(H,15,17)(H,16,18);1H. The topological polar surface area (TPSA) is 84.2 Å². The zero-order chi connectivity index (χ0) is 13.6. The third kappa shape index (κ3) is 4.99. The molecular weight excluding hydrogens is 266 g/mol. The molecule has 2 amide bonds. The normalized spacial score (nSPS) is 16.8. The molecule has 1 rings (SSSR count). The maximum absolute atomic E-state index is 12.1. The molecule has 1 aliphatic carbocycles. The Balaban J connectivity index is 0.00000324. The van der Waals surface area contributed by atoms with E-state index in [1.165, 1.54) is 0 Å². The summed E-state index contributed by atoms with van der Waals surface area (Å²) >= 11 is 0. The van der Waals surface area contributed by atoms with Gasteiger partial charge in [-0.3, -0.25) is 9.59 Å². The second kappa shape index (κ2) is 8.38. The van der Waals surface area contributed by atoms with Gasteiger partial charge in [0.05, 0.1) is 5.41 Å². The van der Waals surface area contributed by atoms with Gasteiger partial charge in [0.2, 0.25) is 11.8 Å². The molecule has 0 unspecified atom stereocenters. The molecule has 0 saturated heterocycles. The SMILES string of the molecule is CC(C)C(=O)NCCNC(=O)C1(CN)CCCC1.Cl. The van der Waals surface area contributed by atoms with Crippen LogP contribution in [0.2, 0.25) is 0 Å². The van der Waals surface area contributed by atoms with Crippen LogP contribution in [0.1, 0.15) is 39.5 Å². The fourth-order valence-electron chi connectivity index (χ4n) is 2.33. The lowest BCUT2D eigenvalue weighted by Gasteiger charge is -2.25. The zero-order valence-electron chi connectivity index (χ0n) is 11.8. The molecule has 19 heavy (non-hydrogen) atoms. The molecule has 1 aliphatic rings. The first-order valence-electron chi connectivity index (χ1n) is 6.78. The second-order valence-electron chi connectivity index (χ2n) is 5.39. The first-order valence-corrected chi connectivity index (χ1v) is 6.78. The van der Waals surface area contributed by atoms with Crippen molar-refractivity contribution in [3.63, 3.8) is 0 Å². The van der Waals surface area contributed by atoms with Crippen LogP contribution in [0.3, 0.4) is 0 Å². The Morgan fingerprint density at radius 1 is 1.16 bits per heavy atom. The molecule has 1 saturated carbocycles. The van der Waals surface area contributed by atoms with Crippen molar-refractivity contribution in [3.8, 4) is 0 Å². The van der Waals surface area contributed by atoms with Gasteiger partial charge in [-0.1, -0.05) is 26.7 Å². The predicted octanol–water partition coefficient (Wildman–Crippen LogP) is 0.816. The van der Waals surface area contributed by atoms with Gasteiger partial charge in [-0.2, -0.15) is 0 Å². The minimum absolute atomic E-state index is 0. The molecule has 4 N–H and O–H groups in total. The Kier molecular flexibility index (Phi) is 8.02. The fraction of sp³-hybridized carbons (Fsp3) is 0.846. The summed E-state index contributed by atoms with van der Waals surface area (Å²) in [5, 5.41) is 5.65. The Hall–Kier alpha value is -0.810. The van der Waals surface area contributed by atoms with Crippen LogP contribution in [0.25, 0.3) is 0 Å². The largest absolute Gasteiger partial charge is 0.354 e. The number of halogens is 1. The van der Waals surface area contributed by atoms with Crippen LogP contribution in [0.15, 0.2) is 0 Å². The number of amides is 2. The molecule has 1 fully saturated rings. The van der Waals surface area contributed by atoms with Gasteiger partial charge < -0.3 is 16.4 Å². The summed E-state index contributed by atoms with van der Waals surface area (Å²) in [6.45, 7) is 5.05. The number of carbonyl (C=O) groups is 2. The van der Waals surface area contributed by atoms with Crippen LogP contribution in [-0.2, 0) is 9.59 Å². The van der Waals surface area contributed by atoms with Crippen molar-refractivity contribution in [1.82, 2.24) is 10.6 Å². The van der Waals surface area contributed by atoms with Crippen molar-refractivity contribution < 1.29 is 9.59 Å². The highest BCUT2D eigenvalue weighted by molar-refractivity contribution is 5.85. The lowest BCUT2D eigenvalue weighted by atomic mass is 9.85. The van der Waals surface area contributed by atoms with Crippen LogP contribution >= 0.6 is 12.4 Å². The van der Waals surface area contributed by atoms with E-state index in [0.717, 1.165) is 25.7 Å². The van der Waals surface area contributed by atoms with E-state index in [9.17, 15) is 9.59 Å². The molecule has 6 heteroatoms. The van der Waals surface area contributed by atoms with Crippen molar-refractivity contribution in [1.29, 1.82) is 0 Å². The fourth-order valence-corrected chi connectivity index (χ4v) is 2.33. The lowest BCUT2D eigenvalue weighted by molar-refractivity contribution is -0.130. The maximum Gasteiger partial charge on any atom is 0.227 e. The van der Waals surface area contributed by atoms with Gasteiger partial charge >= 0.3 is 0 Å². The molecule has 112 valence electrons. The van der Waals surface area contributed by atoms with Gasteiger partial charge in [-0.15, -0.1) is 12.4 Å². The smallest absolute Gasteiger partial charge is 0.227 e. The highest BCUT2D eigenvalue weighted by Gasteiger charge is 2.39. The van der Waals surface area contributed by atoms with Crippen LogP contribution in [0, 0.1) is 11.3 Å². The van der Waals surface area contributed by atoms with E-state index in [1.807, 2.05) is 13.8 Å². The predicted molar refractivity (Wildman–Crippen MR) is 78.1 cm³/mol. The van der Waals surface area contributed by atoms with Crippen LogP contribution in [0.5, 0.6) is 0 Å². The van der Waals surface area contributed by atoms with Gasteiger partial charge in [0.15, 0.2) is 0 Å². The van der Waals surface area contributed by atoms with Crippen molar-refractivity contribution in [2.45, 2.75) is 39.5 Å². The molecular formula is C13H26ClN3O2. The van der Waals surface area contributed by atoms with Crippen molar-refractivity contribution in [3.05, 3.63) is 0 Å². The van der Waals surface area contributed by atoms with E-state index in [-0.39, 0.29) is 35.6 Å². The van der Waals surface area contributed by atoms with E-state index in [4.69, 9.17) is 5.73 Å². The molecule has 0 aromatic rings. The van der Waals surface area contributed by atoms with E-state index < -0.39 is 0 Å². The third-order valence-corrected chi connectivity index (χ3v) is 3.67. The maximum atomic E-state index is 12.1. The van der Waals surface area contributed by atoms with Crippen LogP contribution < -0.4 is 16.4 Å². The summed E-state index contributed by atoms with van der Waals surface area (Å²) < 4.78 is 0. The van der Waals surface area contributed by atoms with E-state index >= 15 is 0 Å². The van der Waals surface area contributed by atoms with E-state index in [1.54, 1.807) is 0 Å². The molecule has 0 atom stereocenters. The van der Waals surface area contributed by atoms with Gasteiger partial charge in [0.25, 0.3) is 0 Å². The molecule has 0 heterocycles. The number of hydrogen-bond acceptors (Lipinski definition) is 3. The van der Waals surface area contributed by atoms with Gasteiger partial charge in [0, 0.05) is 25.6 Å². The summed E-state index contributed by atoms with van der Waals surface area (Å²) in [7, 11) is 0. The molecule has 5 nitrogen and oxygen atoms in total. The quantitative estimate of drug-likeness (QED) is 0.633. The minimum atomic E-state index is -0.359. The number of nitrogens with one attached hydrogen (secondary N) is 2. The van der Waals surface area contributed by atoms with Gasteiger partial charge in [-0.25, -0.2) is 0 Å². The number of carbonyl (C=O) groups excluding carboxylic acids is 2. The zero-order valence-corrected chi connectivity index (χ0v) is 12.6. The second-order valence-corrected chi connectivity index (χ2v) is 5.39. The minimum Gasteiger partial charge on any atom is -0.354 e. The summed E-state index contributed by atoms with van der Waals surface area (Å²) in [4.78, 5) is 23.4. The highest BCUT2D eigenvalue weighted by atomic mass is 35.5. The Bertz CT molecular complexity index is 302. The van der Waals surface area contributed by atoms with Crippen molar-refractivity contribution in [2.24, 2.45) is 17.1 Å². The molecule has 0 aromatic heterocycles. The summed E-state index contributed by atoms with van der Waals surface area (Å²) in [6, 6.07) is 0. The van der Waals surface area contributed by atoms with Crippen LogP contribution in [0.4, 0.5) is 0 Å². The summed E-state index contributed by atoms with van der Waals surface area (Å²) in [5.41, 5.74) is 5.37. The average molecular weight is 292 g/mol. The van der Waals surface area contributed by atoms with Gasteiger partial charge in [-0.05, 0) is 12.8 Å². The van der Waals surface area contributed by atoms with Crippen molar-refractivity contribution in [2.75, 3.05) is 19.6 Å².